The van der Waals surface area contributed by atoms with E-state index in [1.54, 1.807) is 0 Å². The molecule has 0 aliphatic carbocycles. The lowest BCUT2D eigenvalue weighted by Crippen LogP contribution is -2.18. The van der Waals surface area contributed by atoms with E-state index in [-0.39, 0.29) is 6.07 Å². The van der Waals surface area contributed by atoms with Crippen LogP contribution in [0, 0.1) is 0 Å². The van der Waals surface area contributed by atoms with Crippen molar-refractivity contribution < 1.29 is 22.0 Å². The molecule has 15 heavy (non-hydrogen) atoms. The number of nitrogens with one attached hydrogen (secondary N) is 1. The monoisotopic (exact) mass is 291 g/mol. The minimum Gasteiger partial charge on any atom is -0.317 e. The fourth-order valence-corrected chi connectivity index (χ4v) is 1.26. The van der Waals surface area contributed by atoms with Crippen LogP contribution in [0.4, 0.5) is 22.0 Å². The molecule has 0 amide bonds. The SMILES string of the molecule is O=c1[nH]c(C(F)(F)F)cc(C(F)F)c1Br. The van der Waals surface area contributed by atoms with Gasteiger partial charge in [0.05, 0.1) is 4.47 Å². The van der Waals surface area contributed by atoms with E-state index < -0.39 is 33.9 Å². The summed E-state index contributed by atoms with van der Waals surface area (Å²) in [6, 6.07) is 0.205. The summed E-state index contributed by atoms with van der Waals surface area (Å²) in [4.78, 5) is 12.3. The first kappa shape index (κ1) is 12.2. The van der Waals surface area contributed by atoms with E-state index in [4.69, 9.17) is 0 Å². The predicted molar refractivity (Wildman–Crippen MR) is 44.7 cm³/mol. The summed E-state index contributed by atoms with van der Waals surface area (Å²) >= 11 is 2.49. The molecular formula is C7H3BrF5NO. The lowest BCUT2D eigenvalue weighted by molar-refractivity contribution is -0.141. The second-order valence-corrected chi connectivity index (χ2v) is 3.37. The summed E-state index contributed by atoms with van der Waals surface area (Å²) in [5, 5.41) is 0. The molecule has 0 saturated heterocycles. The summed E-state index contributed by atoms with van der Waals surface area (Å²) in [6.45, 7) is 0. The van der Waals surface area contributed by atoms with Crippen molar-refractivity contribution in [2.24, 2.45) is 0 Å². The number of H-pyrrole nitrogens is 1. The van der Waals surface area contributed by atoms with Crippen molar-refractivity contribution in [2.75, 3.05) is 0 Å². The highest BCUT2D eigenvalue weighted by Crippen LogP contribution is 2.31. The van der Waals surface area contributed by atoms with Crippen molar-refractivity contribution in [1.82, 2.24) is 4.98 Å². The van der Waals surface area contributed by atoms with Gasteiger partial charge in [-0.3, -0.25) is 4.79 Å². The average Bonchev–Trinajstić information content (AvgIpc) is 2.06. The molecule has 0 aliphatic heterocycles. The number of aromatic amines is 1. The van der Waals surface area contributed by atoms with Crippen LogP contribution in [0.5, 0.6) is 0 Å². The maximum atomic E-state index is 12.2. The van der Waals surface area contributed by atoms with E-state index in [1.807, 2.05) is 0 Å². The summed E-state index contributed by atoms with van der Waals surface area (Å²) < 4.78 is 60.2. The quantitative estimate of drug-likeness (QED) is 0.793. The van der Waals surface area contributed by atoms with Gasteiger partial charge >= 0.3 is 6.18 Å². The summed E-state index contributed by atoms with van der Waals surface area (Å²) in [5.74, 6) is 0. The van der Waals surface area contributed by atoms with Crippen molar-refractivity contribution in [3.05, 3.63) is 32.2 Å². The van der Waals surface area contributed by atoms with Gasteiger partial charge in [-0.05, 0) is 22.0 Å². The number of rotatable bonds is 1. The summed E-state index contributed by atoms with van der Waals surface area (Å²) in [5.41, 5.74) is -3.71. The molecule has 1 N–H and O–H groups in total. The van der Waals surface area contributed by atoms with Gasteiger partial charge in [0.2, 0.25) is 0 Å². The van der Waals surface area contributed by atoms with Crippen LogP contribution in [0.1, 0.15) is 17.7 Å². The minimum atomic E-state index is -4.86. The van der Waals surface area contributed by atoms with E-state index in [0.29, 0.717) is 0 Å². The lowest BCUT2D eigenvalue weighted by Gasteiger charge is -2.09. The van der Waals surface area contributed by atoms with Gasteiger partial charge in [-0.15, -0.1) is 0 Å². The maximum Gasteiger partial charge on any atom is 0.431 e. The smallest absolute Gasteiger partial charge is 0.317 e. The number of aromatic nitrogens is 1. The van der Waals surface area contributed by atoms with Crippen molar-refractivity contribution in [1.29, 1.82) is 0 Å². The fourth-order valence-electron chi connectivity index (χ4n) is 0.875. The maximum absolute atomic E-state index is 12.2. The molecule has 0 aromatic carbocycles. The van der Waals surface area contributed by atoms with Gasteiger partial charge in [-0.25, -0.2) is 8.78 Å². The fraction of sp³-hybridized carbons (Fsp3) is 0.286. The van der Waals surface area contributed by atoms with Crippen LogP contribution >= 0.6 is 15.9 Å². The van der Waals surface area contributed by atoms with Gasteiger partial charge in [-0.1, -0.05) is 0 Å². The third-order valence-corrected chi connectivity index (χ3v) is 2.36. The molecule has 0 radical (unpaired) electrons. The topological polar surface area (TPSA) is 32.9 Å². The molecule has 0 saturated carbocycles. The number of hydrogen-bond acceptors (Lipinski definition) is 1. The Morgan fingerprint density at radius 1 is 1.33 bits per heavy atom. The number of hydrogen-bond donors (Lipinski definition) is 1. The van der Waals surface area contributed by atoms with Crippen LogP contribution < -0.4 is 5.56 Å². The molecule has 0 aliphatic rings. The Labute approximate surface area is 88.2 Å². The highest BCUT2D eigenvalue weighted by Gasteiger charge is 2.33. The van der Waals surface area contributed by atoms with Crippen molar-refractivity contribution in [3.8, 4) is 0 Å². The normalized spacial score (nSPS) is 12.2. The van der Waals surface area contributed by atoms with Gasteiger partial charge in [0.1, 0.15) is 5.69 Å². The molecule has 0 atom stereocenters. The second kappa shape index (κ2) is 3.92. The van der Waals surface area contributed by atoms with Crippen LogP contribution in [-0.2, 0) is 6.18 Å². The molecule has 0 spiro atoms. The van der Waals surface area contributed by atoms with E-state index in [0.717, 1.165) is 0 Å². The Kier molecular flexibility index (Phi) is 3.17. The Balaban J connectivity index is 3.43. The van der Waals surface area contributed by atoms with E-state index in [9.17, 15) is 26.7 Å². The third-order valence-electron chi connectivity index (χ3n) is 1.54. The molecule has 84 valence electrons. The van der Waals surface area contributed by atoms with Crippen LogP contribution in [0.25, 0.3) is 0 Å². The zero-order valence-electron chi connectivity index (χ0n) is 6.83. The van der Waals surface area contributed by atoms with E-state index in [2.05, 4.69) is 15.9 Å². The Morgan fingerprint density at radius 2 is 1.87 bits per heavy atom. The first-order valence-corrected chi connectivity index (χ1v) is 4.31. The van der Waals surface area contributed by atoms with Crippen molar-refractivity contribution >= 4 is 15.9 Å². The molecule has 1 rings (SSSR count). The molecule has 1 aromatic rings. The summed E-state index contributed by atoms with van der Waals surface area (Å²) in [6.07, 6.45) is -8.01. The van der Waals surface area contributed by atoms with Gasteiger partial charge in [0.15, 0.2) is 0 Å². The van der Waals surface area contributed by atoms with E-state index in [1.165, 1.54) is 4.98 Å². The molecule has 0 fully saturated rings. The Bertz CT molecular complexity index is 424. The number of pyridine rings is 1. The highest BCUT2D eigenvalue weighted by molar-refractivity contribution is 9.10. The molecule has 1 heterocycles. The van der Waals surface area contributed by atoms with Gasteiger partial charge in [-0.2, -0.15) is 13.2 Å². The molecular weight excluding hydrogens is 289 g/mol. The predicted octanol–water partition coefficient (Wildman–Crippen LogP) is 3.09. The standard InChI is InChI=1S/C7H3BrF5NO/c8-4-2(5(9)10)1-3(7(11,12)13)14-6(4)15/h1,5H,(H,14,15). The molecule has 0 bridgehead atoms. The number of halogens is 6. The van der Waals surface area contributed by atoms with Gasteiger partial charge in [0.25, 0.3) is 12.0 Å². The zero-order valence-corrected chi connectivity index (χ0v) is 8.42. The molecule has 1 aromatic heterocycles. The Hall–Kier alpha value is -0.920. The van der Waals surface area contributed by atoms with Crippen molar-refractivity contribution in [3.63, 3.8) is 0 Å². The summed E-state index contributed by atoms with van der Waals surface area (Å²) in [7, 11) is 0. The first-order chi connectivity index (χ1) is 6.73. The van der Waals surface area contributed by atoms with Crippen LogP contribution in [0.3, 0.4) is 0 Å². The largest absolute Gasteiger partial charge is 0.431 e. The molecule has 0 unspecified atom stereocenters. The Morgan fingerprint density at radius 3 is 2.27 bits per heavy atom. The molecule has 8 heteroatoms. The second-order valence-electron chi connectivity index (χ2n) is 2.58. The third kappa shape index (κ3) is 2.55. The highest BCUT2D eigenvalue weighted by atomic mass is 79.9. The van der Waals surface area contributed by atoms with Crippen molar-refractivity contribution in [2.45, 2.75) is 12.6 Å². The van der Waals surface area contributed by atoms with Crippen LogP contribution in [0.2, 0.25) is 0 Å². The number of alkyl halides is 5. The first-order valence-electron chi connectivity index (χ1n) is 3.51. The zero-order chi connectivity index (χ0) is 11.8. The van der Waals surface area contributed by atoms with Crippen LogP contribution in [-0.4, -0.2) is 4.98 Å². The van der Waals surface area contributed by atoms with Gasteiger partial charge in [0, 0.05) is 5.56 Å². The van der Waals surface area contributed by atoms with Gasteiger partial charge < -0.3 is 4.98 Å². The van der Waals surface area contributed by atoms with E-state index >= 15 is 0 Å². The average molecular weight is 292 g/mol. The molecule has 2 nitrogen and oxygen atoms in total. The van der Waals surface area contributed by atoms with Crippen LogP contribution in [0.15, 0.2) is 15.3 Å². The minimum absolute atomic E-state index is 0.205. The lowest BCUT2D eigenvalue weighted by atomic mass is 10.2.